The van der Waals surface area contributed by atoms with E-state index in [1.54, 1.807) is 0 Å². The van der Waals surface area contributed by atoms with Crippen LogP contribution in [-0.4, -0.2) is 32.2 Å². The van der Waals surface area contributed by atoms with E-state index in [1.165, 1.54) is 6.92 Å². The molecule has 1 aromatic carbocycles. The maximum atomic E-state index is 13.7. The van der Waals surface area contributed by atoms with Crippen molar-refractivity contribution < 1.29 is 36.6 Å². The van der Waals surface area contributed by atoms with Crippen molar-refractivity contribution >= 4 is 21.9 Å². The molecule has 0 fully saturated rings. The van der Waals surface area contributed by atoms with Gasteiger partial charge in [0.1, 0.15) is 0 Å². The number of benzene rings is 1. The SMILES string of the molecule is COc1c(F)c(F)c(OC(=O)NCCCCCCNC(C)=O)c(F)c1F.[PH-2]. The van der Waals surface area contributed by atoms with Gasteiger partial charge in [-0.2, -0.15) is 17.6 Å². The van der Waals surface area contributed by atoms with Crippen molar-refractivity contribution in [1.29, 1.82) is 0 Å². The highest BCUT2D eigenvalue weighted by Gasteiger charge is 2.28. The lowest BCUT2D eigenvalue weighted by molar-refractivity contribution is -0.118. The lowest BCUT2D eigenvalue weighted by Gasteiger charge is -2.11. The molecule has 0 aromatic heterocycles. The van der Waals surface area contributed by atoms with Gasteiger partial charge in [0.2, 0.25) is 34.9 Å². The first-order chi connectivity index (χ1) is 12.3. The highest BCUT2D eigenvalue weighted by atomic mass is 31.0. The average Bonchev–Trinajstić information content (AvgIpc) is 2.59. The highest BCUT2D eigenvalue weighted by molar-refractivity contribution is 6.92. The van der Waals surface area contributed by atoms with E-state index < -0.39 is 40.9 Å². The molecule has 27 heavy (non-hydrogen) atoms. The summed E-state index contributed by atoms with van der Waals surface area (Å²) in [6, 6.07) is 0. The summed E-state index contributed by atoms with van der Waals surface area (Å²) >= 11 is 0. The van der Waals surface area contributed by atoms with Crippen LogP contribution >= 0.6 is 9.90 Å². The van der Waals surface area contributed by atoms with E-state index in [4.69, 9.17) is 0 Å². The van der Waals surface area contributed by atoms with Gasteiger partial charge in [0.25, 0.3) is 0 Å². The van der Waals surface area contributed by atoms with Gasteiger partial charge in [-0.05, 0) is 12.8 Å². The molecule has 154 valence electrons. The Hall–Kier alpha value is -2.09. The molecule has 1 rings (SSSR count). The number of carbonyl (C=O) groups excluding carboxylic acids is 2. The minimum atomic E-state index is -1.87. The molecule has 0 saturated heterocycles. The topological polar surface area (TPSA) is 76.7 Å². The van der Waals surface area contributed by atoms with Crippen molar-refractivity contribution in [2.75, 3.05) is 20.2 Å². The normalized spacial score (nSPS) is 10.0. The van der Waals surface area contributed by atoms with Gasteiger partial charge in [0.05, 0.1) is 7.11 Å². The van der Waals surface area contributed by atoms with Gasteiger partial charge in [-0.25, -0.2) is 4.79 Å². The predicted octanol–water partition coefficient (Wildman–Crippen LogP) is 3.63. The van der Waals surface area contributed by atoms with Gasteiger partial charge in [-0.15, -0.1) is 0 Å². The molecule has 0 aliphatic heterocycles. The zero-order chi connectivity index (χ0) is 19.7. The Bertz CT molecular complexity index is 633. The van der Waals surface area contributed by atoms with Crippen molar-refractivity contribution in [3.63, 3.8) is 0 Å². The van der Waals surface area contributed by atoms with Crippen LogP contribution in [0.5, 0.6) is 11.5 Å². The standard InChI is InChI=1S/C16H20F4N2O4.HP/c1-9(23)21-7-5-3-4-6-8-22-16(24)26-15-12(19)10(17)14(25-2)11(18)13(15)20;/h3-8H2,1-2H3,(H,21,23)(H,22,24);1H/q;-2. The van der Waals surface area contributed by atoms with Crippen LogP contribution in [0.1, 0.15) is 32.6 Å². The monoisotopic (exact) mass is 412 g/mol. The lowest BCUT2D eigenvalue weighted by Crippen LogP contribution is -2.28. The second-order valence-electron chi connectivity index (χ2n) is 5.33. The summed E-state index contributed by atoms with van der Waals surface area (Å²) in [6.07, 6.45) is 1.60. The van der Waals surface area contributed by atoms with Crippen LogP contribution in [0.3, 0.4) is 0 Å². The minimum Gasteiger partial charge on any atom is -1.51 e. The fourth-order valence-corrected chi connectivity index (χ4v) is 2.05. The Morgan fingerprint density at radius 3 is 1.70 bits per heavy atom. The van der Waals surface area contributed by atoms with Gasteiger partial charge in [-0.1, -0.05) is 12.8 Å². The summed E-state index contributed by atoms with van der Waals surface area (Å²) in [5.74, 6) is -10.2. The van der Waals surface area contributed by atoms with E-state index in [1.807, 2.05) is 0 Å². The van der Waals surface area contributed by atoms with Crippen molar-refractivity contribution in [3.8, 4) is 11.5 Å². The van der Waals surface area contributed by atoms with E-state index in [9.17, 15) is 27.2 Å². The first kappa shape index (κ1) is 24.9. The summed E-state index contributed by atoms with van der Waals surface area (Å²) in [5, 5.41) is 4.86. The number of amides is 2. The molecule has 0 radical (unpaired) electrons. The van der Waals surface area contributed by atoms with Crippen LogP contribution in [0.4, 0.5) is 22.4 Å². The van der Waals surface area contributed by atoms with Crippen LogP contribution in [0.15, 0.2) is 0 Å². The molecule has 0 unspecified atom stereocenters. The lowest BCUT2D eigenvalue weighted by atomic mass is 10.2. The molecule has 1 aromatic rings. The van der Waals surface area contributed by atoms with Crippen molar-refractivity contribution in [3.05, 3.63) is 23.3 Å². The number of carbonyl (C=O) groups is 2. The molecule has 2 amide bonds. The van der Waals surface area contributed by atoms with Crippen LogP contribution < -0.4 is 20.1 Å². The predicted molar refractivity (Wildman–Crippen MR) is 92.3 cm³/mol. The van der Waals surface area contributed by atoms with E-state index in [-0.39, 0.29) is 22.4 Å². The van der Waals surface area contributed by atoms with Gasteiger partial charge in [0, 0.05) is 20.0 Å². The number of halogens is 4. The number of rotatable bonds is 9. The zero-order valence-electron chi connectivity index (χ0n) is 14.9. The Labute approximate surface area is 157 Å². The molecule has 11 heteroatoms. The fraction of sp³-hybridized carbons (Fsp3) is 0.500. The fourth-order valence-electron chi connectivity index (χ4n) is 2.05. The largest absolute Gasteiger partial charge is 1.51 e. The summed E-state index contributed by atoms with van der Waals surface area (Å²) < 4.78 is 62.9. The number of nitrogens with one attached hydrogen (secondary N) is 2. The second kappa shape index (κ2) is 12.3. The van der Waals surface area contributed by atoms with E-state index >= 15 is 0 Å². The van der Waals surface area contributed by atoms with Crippen LogP contribution in [0.25, 0.3) is 0 Å². The van der Waals surface area contributed by atoms with E-state index in [0.717, 1.165) is 26.4 Å². The molecule has 0 heterocycles. The van der Waals surface area contributed by atoms with Crippen molar-refractivity contribution in [1.82, 2.24) is 10.6 Å². The smallest absolute Gasteiger partial charge is 0.412 e. The second-order valence-corrected chi connectivity index (χ2v) is 5.33. The number of unbranched alkanes of at least 4 members (excludes halogenated alkanes) is 3. The highest BCUT2D eigenvalue weighted by Crippen LogP contribution is 2.34. The summed E-state index contributed by atoms with van der Waals surface area (Å²) in [5.41, 5.74) is 0. The summed E-state index contributed by atoms with van der Waals surface area (Å²) in [6.45, 7) is 2.11. The summed E-state index contributed by atoms with van der Waals surface area (Å²) in [7, 11) is 0.837. The molecule has 0 bridgehead atoms. The molecular formula is C16H21F4N2O4P-2. The molecular weight excluding hydrogens is 391 g/mol. The quantitative estimate of drug-likeness (QED) is 0.281. The van der Waals surface area contributed by atoms with Gasteiger partial charge in [0.15, 0.2) is 5.75 Å². The Balaban J connectivity index is 0.00000676. The number of methoxy groups -OCH3 is 1. The maximum absolute atomic E-state index is 13.7. The minimum absolute atomic E-state index is 0. The first-order valence-corrected chi connectivity index (χ1v) is 7.89. The molecule has 2 N–H and O–H groups in total. The Morgan fingerprint density at radius 1 is 0.815 bits per heavy atom. The number of ether oxygens (including phenoxy) is 2. The van der Waals surface area contributed by atoms with Crippen molar-refractivity contribution in [2.45, 2.75) is 32.6 Å². The van der Waals surface area contributed by atoms with Gasteiger partial charge in [-0.3, -0.25) is 4.79 Å². The Kier molecular flexibility index (Phi) is 11.4. The van der Waals surface area contributed by atoms with E-state index in [2.05, 4.69) is 20.1 Å². The van der Waals surface area contributed by atoms with Crippen LogP contribution in [0, 0.1) is 23.3 Å². The third-order valence-corrected chi connectivity index (χ3v) is 3.33. The Morgan fingerprint density at radius 2 is 1.26 bits per heavy atom. The van der Waals surface area contributed by atoms with Gasteiger partial charge < -0.3 is 30.0 Å². The first-order valence-electron chi connectivity index (χ1n) is 7.89. The molecule has 0 spiro atoms. The molecule has 0 aliphatic rings. The number of hydrogen-bond donors (Lipinski definition) is 2. The van der Waals surface area contributed by atoms with Crippen molar-refractivity contribution in [2.24, 2.45) is 0 Å². The summed E-state index contributed by atoms with van der Waals surface area (Å²) in [4.78, 5) is 22.2. The van der Waals surface area contributed by atoms with Crippen LogP contribution in [-0.2, 0) is 4.79 Å². The third kappa shape index (κ3) is 7.58. The zero-order valence-corrected chi connectivity index (χ0v) is 15.9. The molecule has 0 saturated carbocycles. The molecule has 0 atom stereocenters. The third-order valence-electron chi connectivity index (χ3n) is 3.33. The molecule has 6 nitrogen and oxygen atoms in total. The maximum Gasteiger partial charge on any atom is 0.412 e. The van der Waals surface area contributed by atoms with Gasteiger partial charge >= 0.3 is 6.09 Å². The van der Waals surface area contributed by atoms with E-state index in [0.29, 0.717) is 13.0 Å². The number of hydrogen-bond acceptors (Lipinski definition) is 4. The van der Waals surface area contributed by atoms with Crippen LogP contribution in [0.2, 0.25) is 0 Å². The molecule has 0 aliphatic carbocycles. The average molecular weight is 412 g/mol.